The summed E-state index contributed by atoms with van der Waals surface area (Å²) in [5.74, 6) is -1.06. The molecule has 9 nitrogen and oxygen atoms in total. The van der Waals surface area contributed by atoms with Gasteiger partial charge in [0.1, 0.15) is 5.82 Å². The Balaban J connectivity index is 1.69. The summed E-state index contributed by atoms with van der Waals surface area (Å²) in [6.07, 6.45) is -1.37. The highest BCUT2D eigenvalue weighted by molar-refractivity contribution is 6.20. The second-order valence-corrected chi connectivity index (χ2v) is 7.18. The largest absolute Gasteiger partial charge is 0.321 e. The van der Waals surface area contributed by atoms with Crippen LogP contribution in [0.4, 0.5) is 26.2 Å². The zero-order valence-corrected chi connectivity index (χ0v) is 17.4. The summed E-state index contributed by atoms with van der Waals surface area (Å²) < 4.78 is 14.6. The molecule has 166 valence electrons. The molecule has 1 atom stereocenters. The van der Waals surface area contributed by atoms with Crippen LogP contribution >= 0.6 is 0 Å². The molecule has 0 bridgehead atoms. The zero-order valence-electron chi connectivity index (χ0n) is 17.4. The van der Waals surface area contributed by atoms with Gasteiger partial charge in [0.05, 0.1) is 16.3 Å². The molecule has 0 saturated carbocycles. The summed E-state index contributed by atoms with van der Waals surface area (Å²) >= 11 is 0. The number of likely N-dealkylation sites (N-methyl/N-ethyl adjacent to an activating group) is 1. The van der Waals surface area contributed by atoms with Crippen molar-refractivity contribution in [2.75, 3.05) is 17.3 Å². The molecule has 0 fully saturated rings. The van der Waals surface area contributed by atoms with Gasteiger partial charge in [-0.25, -0.2) is 14.2 Å². The van der Waals surface area contributed by atoms with Gasteiger partial charge in [-0.05, 0) is 24.3 Å². The molecule has 0 spiro atoms. The lowest BCUT2D eigenvalue weighted by Gasteiger charge is -2.21. The molecule has 4 rings (SSSR count). The molecule has 1 aliphatic rings. The van der Waals surface area contributed by atoms with Gasteiger partial charge in [-0.3, -0.25) is 14.9 Å². The van der Waals surface area contributed by atoms with Crippen LogP contribution in [0.25, 0.3) is 0 Å². The van der Waals surface area contributed by atoms with Crippen LogP contribution in [0.15, 0.2) is 77.8 Å². The molecule has 0 aromatic heterocycles. The van der Waals surface area contributed by atoms with Crippen LogP contribution < -0.4 is 15.5 Å². The third kappa shape index (κ3) is 4.40. The van der Waals surface area contributed by atoms with E-state index in [4.69, 9.17) is 0 Å². The number of hydrogen-bond donors (Lipinski definition) is 2. The van der Waals surface area contributed by atoms with Crippen LogP contribution in [0.3, 0.4) is 0 Å². The summed E-state index contributed by atoms with van der Waals surface area (Å²) in [4.78, 5) is 41.8. The highest BCUT2D eigenvalue weighted by Crippen LogP contribution is 2.28. The second kappa shape index (κ2) is 8.87. The van der Waals surface area contributed by atoms with Crippen LogP contribution in [-0.2, 0) is 4.79 Å². The predicted octanol–water partition coefficient (Wildman–Crippen LogP) is 3.70. The zero-order chi connectivity index (χ0) is 23.5. The number of para-hydroxylation sites is 1. The molecule has 0 aliphatic carbocycles. The first-order valence-electron chi connectivity index (χ1n) is 9.87. The third-order valence-electron chi connectivity index (χ3n) is 5.05. The maximum atomic E-state index is 14.6. The number of carbonyl (C=O) groups is 2. The Hall–Kier alpha value is -4.60. The van der Waals surface area contributed by atoms with Gasteiger partial charge >= 0.3 is 6.03 Å². The number of rotatable bonds is 4. The SMILES string of the molecule is CN1C(=O)C(NC(=O)Nc2cccc([N+](=O)[O-])c2)N=C(c2ccccc2F)c2ccccc21. The molecule has 2 N–H and O–H groups in total. The van der Waals surface area contributed by atoms with Crippen molar-refractivity contribution in [1.82, 2.24) is 5.32 Å². The average Bonchev–Trinajstić information content (AvgIpc) is 2.90. The maximum Gasteiger partial charge on any atom is 0.321 e. The van der Waals surface area contributed by atoms with E-state index in [1.165, 1.54) is 42.3 Å². The molecule has 10 heteroatoms. The Kier molecular flexibility index (Phi) is 5.81. The quantitative estimate of drug-likeness (QED) is 0.468. The average molecular weight is 447 g/mol. The number of benzene rings is 3. The number of fused-ring (bicyclic) bond motifs is 1. The summed E-state index contributed by atoms with van der Waals surface area (Å²) in [7, 11) is 1.54. The van der Waals surface area contributed by atoms with E-state index in [9.17, 15) is 24.1 Å². The minimum atomic E-state index is -1.37. The normalized spacial score (nSPS) is 15.2. The van der Waals surface area contributed by atoms with Crippen LogP contribution in [0, 0.1) is 15.9 Å². The van der Waals surface area contributed by atoms with Crippen molar-refractivity contribution in [3.8, 4) is 0 Å². The Morgan fingerprint density at radius 3 is 2.48 bits per heavy atom. The first kappa shape index (κ1) is 21.6. The van der Waals surface area contributed by atoms with Gasteiger partial charge in [0.2, 0.25) is 6.17 Å². The number of nitrogens with zero attached hydrogens (tertiary/aromatic N) is 3. The van der Waals surface area contributed by atoms with Gasteiger partial charge in [-0.2, -0.15) is 0 Å². The van der Waals surface area contributed by atoms with E-state index >= 15 is 0 Å². The van der Waals surface area contributed by atoms with E-state index in [2.05, 4.69) is 15.6 Å². The fraction of sp³-hybridized carbons (Fsp3) is 0.0870. The summed E-state index contributed by atoms with van der Waals surface area (Å²) in [5.41, 5.74) is 1.39. The highest BCUT2D eigenvalue weighted by Gasteiger charge is 2.31. The molecule has 0 radical (unpaired) electrons. The lowest BCUT2D eigenvalue weighted by atomic mass is 10.00. The van der Waals surface area contributed by atoms with E-state index in [1.807, 2.05) is 0 Å². The van der Waals surface area contributed by atoms with Gasteiger partial charge in [0.15, 0.2) is 0 Å². The Morgan fingerprint density at radius 1 is 1.06 bits per heavy atom. The molecular formula is C23H18FN5O4. The third-order valence-corrected chi connectivity index (χ3v) is 5.05. The van der Waals surface area contributed by atoms with Crippen molar-refractivity contribution >= 4 is 34.7 Å². The van der Waals surface area contributed by atoms with Crippen molar-refractivity contribution in [1.29, 1.82) is 0 Å². The number of nitrogens with one attached hydrogen (secondary N) is 2. The fourth-order valence-electron chi connectivity index (χ4n) is 3.47. The van der Waals surface area contributed by atoms with Crippen molar-refractivity contribution in [3.05, 3.63) is 99.9 Å². The van der Waals surface area contributed by atoms with Crippen molar-refractivity contribution < 1.29 is 18.9 Å². The number of aliphatic imine (C=N–C) groups is 1. The first-order chi connectivity index (χ1) is 15.8. The molecular weight excluding hydrogens is 429 g/mol. The van der Waals surface area contributed by atoms with Gasteiger partial charge in [0, 0.05) is 36.0 Å². The lowest BCUT2D eigenvalue weighted by molar-refractivity contribution is -0.384. The number of carbonyl (C=O) groups excluding carboxylic acids is 2. The van der Waals surface area contributed by atoms with Gasteiger partial charge < -0.3 is 15.5 Å². The number of benzodiazepines with no additional fused rings is 1. The monoisotopic (exact) mass is 447 g/mol. The number of amides is 3. The first-order valence-corrected chi connectivity index (χ1v) is 9.87. The topological polar surface area (TPSA) is 117 Å². The molecule has 1 heterocycles. The summed E-state index contributed by atoms with van der Waals surface area (Å²) in [5, 5.41) is 15.9. The summed E-state index contributed by atoms with van der Waals surface area (Å²) in [6.45, 7) is 0. The Morgan fingerprint density at radius 2 is 1.76 bits per heavy atom. The molecule has 0 saturated heterocycles. The van der Waals surface area contributed by atoms with Gasteiger partial charge in [-0.15, -0.1) is 0 Å². The van der Waals surface area contributed by atoms with Crippen LogP contribution in [-0.4, -0.2) is 35.8 Å². The van der Waals surface area contributed by atoms with Crippen molar-refractivity contribution in [2.24, 2.45) is 4.99 Å². The summed E-state index contributed by atoms with van der Waals surface area (Å²) in [6, 6.07) is 17.5. The second-order valence-electron chi connectivity index (χ2n) is 7.18. The van der Waals surface area contributed by atoms with Gasteiger partial charge in [0.25, 0.3) is 11.6 Å². The van der Waals surface area contributed by atoms with Crippen LogP contribution in [0.2, 0.25) is 0 Å². The van der Waals surface area contributed by atoms with E-state index < -0.39 is 28.8 Å². The number of hydrogen-bond acceptors (Lipinski definition) is 5. The Labute approximate surface area is 187 Å². The van der Waals surface area contributed by atoms with E-state index in [1.54, 1.807) is 42.5 Å². The fourth-order valence-corrected chi connectivity index (χ4v) is 3.47. The van der Waals surface area contributed by atoms with E-state index in [0.29, 0.717) is 11.3 Å². The standard InChI is InChI=1S/C23H18FN5O4/c1-28-19-12-5-3-10-17(19)20(16-9-2-4-11-18(16)24)26-21(22(28)30)27-23(31)25-14-7-6-8-15(13-14)29(32)33/h2-13,21H,1H3,(H2,25,27,31). The van der Waals surface area contributed by atoms with E-state index in [0.717, 1.165) is 0 Å². The maximum absolute atomic E-state index is 14.6. The number of nitro groups is 1. The molecule has 1 aliphatic heterocycles. The van der Waals surface area contributed by atoms with Crippen molar-refractivity contribution in [3.63, 3.8) is 0 Å². The van der Waals surface area contributed by atoms with Gasteiger partial charge in [-0.1, -0.05) is 36.4 Å². The Bertz CT molecular complexity index is 1290. The molecule has 3 aromatic carbocycles. The van der Waals surface area contributed by atoms with Crippen LogP contribution in [0.1, 0.15) is 11.1 Å². The number of urea groups is 1. The number of nitro benzene ring substituents is 1. The smallest absolute Gasteiger partial charge is 0.311 e. The minimum absolute atomic E-state index is 0.165. The van der Waals surface area contributed by atoms with E-state index in [-0.39, 0.29) is 22.6 Å². The number of halogens is 1. The molecule has 3 amide bonds. The molecule has 1 unspecified atom stereocenters. The van der Waals surface area contributed by atoms with Crippen LogP contribution in [0.5, 0.6) is 0 Å². The number of non-ortho nitro benzene ring substituents is 1. The highest BCUT2D eigenvalue weighted by atomic mass is 19.1. The molecule has 3 aromatic rings. The predicted molar refractivity (Wildman–Crippen MR) is 121 cm³/mol. The number of anilines is 2. The molecule has 33 heavy (non-hydrogen) atoms. The lowest BCUT2D eigenvalue weighted by Crippen LogP contribution is -2.47. The minimum Gasteiger partial charge on any atom is -0.311 e. The van der Waals surface area contributed by atoms with Crippen molar-refractivity contribution in [2.45, 2.75) is 6.17 Å².